The summed E-state index contributed by atoms with van der Waals surface area (Å²) in [4.78, 5) is 115. The van der Waals surface area contributed by atoms with Gasteiger partial charge in [0, 0.05) is 176 Å². The summed E-state index contributed by atoms with van der Waals surface area (Å²) in [5, 5.41) is 13.8. The van der Waals surface area contributed by atoms with Crippen molar-refractivity contribution in [3.8, 4) is 137 Å². The number of halogens is 24. The molecule has 6 aliphatic rings. The third-order valence-electron chi connectivity index (χ3n) is 23.6. The van der Waals surface area contributed by atoms with E-state index in [1.54, 1.807) is 146 Å². The molecule has 51 heteroatoms. The van der Waals surface area contributed by atoms with Crippen molar-refractivity contribution in [2.75, 3.05) is 0 Å². The SMILES string of the molecule is Clc1cc2c(cc1Cl)-c1nc-2nc2[n-]c(nc3nc(nc4[n-]c(n1)c1cc(Cl)c(Cl)cc41)-c1cc(Cl)c(Cl)cc1-3)c1cc(Cl)c(Cl)cc21.Clc1cc2c3nc4nc(nc5[n-]c(nc6nc(nc([n-]3)c2cc1Cl)-c1c(Cl)ccc(Cl)c1-6)c1cc(Cl)c(Cl)cc51)-c1c(Cl)ccc(Cl)c1-4.Clc1ccc(Cl)c2c1-c1nc-2nc2[n-]c(nc3nc(nc4[n-]c(n1)c1c(Cl)ccc(Cl)c41)-c1c(Cl)ccc(Cl)c1-3)c1c(Cl)ccc(Cl)c21.[Fe+2].[Fe+2].[Fe+2]. The number of hydrogen-bond donors (Lipinski definition) is 0. The predicted molar refractivity (Wildman–Crippen MR) is 582 cm³/mol. The van der Waals surface area contributed by atoms with Crippen LogP contribution in [-0.2, 0) is 51.2 Å². The standard InChI is InChI=1S/3C32H8Cl8N8.3Fe/c33-17-1-9-10(2-18(17)34)26-41-25(9)45-27-11-3-19(35)20(36)4-12(11)29(42-27)47-31-15-7-23(39)24(40)8-16(15)32(44-31)48-30-14-6-22(38)21(37)5-13(14)28(43-30)46-26;33-13-1-2-14(34)22-21(13)29-43-25-9-5-17(37)18(38)6-10(9)27(41-25)45-31-23-15(35)3-4-16(36)24(23)32(48-31)46-28-12-8-20(40)19(39)7-11(12)26(42-28)44-30(22)47-29;33-9-1-2-10(34)18-17(9)25-41-26(18)46-28-21-13(37)5-6-14(38)22(21)30(43-28)48-32-24-16(40)8-7-15(39)23(24)31(44-32)47-29-20-12(36)4-3-11(35)19(20)27(42-29)45-25;;;/h3*1-8H;;;/q3*-2;3*+2. The average Bonchev–Trinajstić information content (AvgIpc) is 1.64. The van der Waals surface area contributed by atoms with Crippen LogP contribution in [0.1, 0.15) is 0 Å². The van der Waals surface area contributed by atoms with Gasteiger partial charge in [0.1, 0.15) is 0 Å². The Morgan fingerprint density at radius 1 is 0.122 bits per heavy atom. The molecule has 0 saturated heterocycles. The first-order chi connectivity index (χ1) is 69.1. The van der Waals surface area contributed by atoms with Gasteiger partial charge in [0.05, 0.1) is 170 Å². The fourth-order valence-corrected chi connectivity index (χ4v) is 22.1. The van der Waals surface area contributed by atoms with Crippen LogP contribution in [0.15, 0.2) is 146 Å². The zero-order valence-corrected chi connectivity index (χ0v) is 92.2. The summed E-state index contributed by atoms with van der Waals surface area (Å²) in [6.07, 6.45) is 0. The van der Waals surface area contributed by atoms with E-state index < -0.39 is 0 Å². The van der Waals surface area contributed by atoms with E-state index in [4.69, 9.17) is 398 Å². The van der Waals surface area contributed by atoms with Gasteiger partial charge < -0.3 is 89.7 Å². The Bertz CT molecular complexity index is 9110. The van der Waals surface area contributed by atoms with Crippen molar-refractivity contribution in [1.82, 2.24) is 120 Å². The van der Waals surface area contributed by atoms with Crippen LogP contribution in [0.5, 0.6) is 0 Å². The second-order valence-corrected chi connectivity index (χ2v) is 41.8. The number of aromatic nitrogens is 24. The maximum absolute atomic E-state index is 6.74. The topological polar surface area (TPSA) is 317 Å². The van der Waals surface area contributed by atoms with Gasteiger partial charge in [-0.1, -0.05) is 278 Å². The van der Waals surface area contributed by atoms with Gasteiger partial charge >= 0.3 is 51.2 Å². The van der Waals surface area contributed by atoms with Gasteiger partial charge in [-0.15, -0.1) is 0 Å². The van der Waals surface area contributed by atoms with Crippen molar-refractivity contribution >= 4 is 411 Å². The van der Waals surface area contributed by atoms with Crippen LogP contribution >= 0.6 is 278 Å². The van der Waals surface area contributed by atoms with Crippen molar-refractivity contribution in [3.05, 3.63) is 266 Å². The van der Waals surface area contributed by atoms with Crippen LogP contribution in [0, 0.1) is 0 Å². The number of rotatable bonds is 0. The fourth-order valence-electron chi connectivity index (χ4n) is 17.2. The van der Waals surface area contributed by atoms with E-state index in [1.165, 1.54) is 0 Å². The maximum atomic E-state index is 6.74. The van der Waals surface area contributed by atoms with E-state index in [9.17, 15) is 0 Å². The first kappa shape index (κ1) is 103. The average molecular weight is 2530 g/mol. The summed E-state index contributed by atoms with van der Waals surface area (Å²) in [6, 6.07) is 39.7. The van der Waals surface area contributed by atoms with Gasteiger partial charge in [-0.3, -0.25) is 0 Å². The molecular weight excluding hydrogens is 2510 g/mol. The smallest absolute Gasteiger partial charge is 0.357 e. The Morgan fingerprint density at radius 2 is 0.238 bits per heavy atom. The largest absolute Gasteiger partial charge is 2.00 e. The molecule has 24 nitrogen and oxygen atoms in total. The number of fused-ring (bicyclic) bond motifs is 60. The fraction of sp³-hybridized carbons (Fsp3) is 0. The minimum absolute atomic E-state index is 0. The Labute approximate surface area is 973 Å². The number of benzene rings is 12. The Balaban J connectivity index is 0.000000124. The van der Waals surface area contributed by atoms with Crippen LogP contribution in [0.4, 0.5) is 0 Å². The molecule has 720 valence electrons. The third-order valence-corrected chi connectivity index (χ3v) is 31.8. The van der Waals surface area contributed by atoms with Gasteiger partial charge in [-0.2, -0.15) is 0 Å². The van der Waals surface area contributed by atoms with Crippen molar-refractivity contribution in [1.29, 1.82) is 0 Å². The van der Waals surface area contributed by atoms with E-state index >= 15 is 0 Å². The molecule has 0 fully saturated rings. The third kappa shape index (κ3) is 17.3. The molecule has 0 radical (unpaired) electrons. The Morgan fingerprint density at radius 3 is 0.395 bits per heavy atom. The molecule has 0 N–H and O–H groups in total. The zero-order valence-electron chi connectivity index (χ0n) is 70.7. The molecule has 0 unspecified atom stereocenters. The molecule has 0 atom stereocenters. The first-order valence-corrected chi connectivity index (χ1v) is 50.2. The molecule has 12 aromatic carbocycles. The second kappa shape index (κ2) is 39.1. The molecule has 0 aliphatic carbocycles. The summed E-state index contributed by atoms with van der Waals surface area (Å²) >= 11 is 159. The molecule has 0 amide bonds. The minimum Gasteiger partial charge on any atom is -0.357 e. The quantitative estimate of drug-likeness (QED) is 0.127. The van der Waals surface area contributed by atoms with E-state index in [0.29, 0.717) is 252 Å². The van der Waals surface area contributed by atoms with Crippen molar-refractivity contribution in [2.24, 2.45) is 0 Å². The Hall–Kier alpha value is -8.76. The Kier molecular flexibility index (Phi) is 27.3. The molecule has 147 heavy (non-hydrogen) atoms. The van der Waals surface area contributed by atoms with E-state index in [1.807, 2.05) is 0 Å². The van der Waals surface area contributed by atoms with Crippen LogP contribution in [0.3, 0.4) is 0 Å². The maximum Gasteiger partial charge on any atom is 2.00 e. The monoisotopic (exact) mass is 2520 g/mol. The van der Waals surface area contributed by atoms with E-state index in [0.717, 1.165) is 0 Å². The van der Waals surface area contributed by atoms with Crippen LogP contribution < -0.4 is 29.9 Å². The van der Waals surface area contributed by atoms with Crippen LogP contribution in [-0.4, -0.2) is 89.7 Å². The summed E-state index contributed by atoms with van der Waals surface area (Å²) in [5.41, 5.74) is 8.56. The van der Waals surface area contributed by atoms with E-state index in [2.05, 4.69) is 0 Å². The summed E-state index contributed by atoms with van der Waals surface area (Å²) in [5.74, 6) is 2.59. The molecule has 0 saturated carbocycles. The number of nitrogens with zero attached hydrogens (tertiary/aromatic N) is 24. The van der Waals surface area contributed by atoms with E-state index in [-0.39, 0.29) is 189 Å². The van der Waals surface area contributed by atoms with Gasteiger partial charge in [0.2, 0.25) is 0 Å². The summed E-state index contributed by atoms with van der Waals surface area (Å²) in [7, 11) is 0. The minimum atomic E-state index is 0. The number of hydrogen-bond acceptors (Lipinski definition) is 18. The zero-order chi connectivity index (χ0) is 99.5. The second-order valence-electron chi connectivity index (χ2n) is 32.0. The molecule has 0 spiro atoms. The molecular formula is C96H24Cl24Fe3N24. The molecule has 6 aliphatic heterocycles. The summed E-state index contributed by atoms with van der Waals surface area (Å²) < 4.78 is 0. The molecule has 15 heterocycles. The van der Waals surface area contributed by atoms with Crippen molar-refractivity contribution in [2.45, 2.75) is 0 Å². The molecule has 9 aromatic heterocycles. The first-order valence-electron chi connectivity index (χ1n) is 41.2. The normalized spacial score (nSPS) is 11.9. The predicted octanol–water partition coefficient (Wildman–Crippen LogP) is 34.1. The van der Waals surface area contributed by atoms with Gasteiger partial charge in [-0.25, -0.2) is 29.9 Å². The molecule has 21 aromatic rings. The molecule has 24 bridgehead atoms. The van der Waals surface area contributed by atoms with Crippen LogP contribution in [0.25, 0.3) is 269 Å². The van der Waals surface area contributed by atoms with Gasteiger partial charge in [-0.05, 0) is 189 Å². The van der Waals surface area contributed by atoms with Crippen molar-refractivity contribution < 1.29 is 51.2 Å². The van der Waals surface area contributed by atoms with Crippen molar-refractivity contribution in [3.63, 3.8) is 0 Å². The van der Waals surface area contributed by atoms with Crippen LogP contribution in [0.2, 0.25) is 121 Å². The summed E-state index contributed by atoms with van der Waals surface area (Å²) in [6.45, 7) is 0. The van der Waals surface area contributed by atoms with Gasteiger partial charge in [0.25, 0.3) is 0 Å². The molecule has 27 rings (SSSR count). The van der Waals surface area contributed by atoms with Gasteiger partial charge in [0.15, 0.2) is 0 Å².